The van der Waals surface area contributed by atoms with E-state index < -0.39 is 0 Å². The van der Waals surface area contributed by atoms with Crippen LogP contribution in [0, 0.1) is 6.92 Å². The monoisotopic (exact) mass is 356 g/mol. The Hall–Kier alpha value is -2.74. The van der Waals surface area contributed by atoms with E-state index in [0.29, 0.717) is 11.8 Å². The lowest BCUT2D eigenvalue weighted by molar-refractivity contribution is 0.835. The molecule has 27 heavy (non-hydrogen) atoms. The van der Waals surface area contributed by atoms with E-state index in [2.05, 4.69) is 83.1 Å². The first-order chi connectivity index (χ1) is 13.0. The van der Waals surface area contributed by atoms with Crippen molar-refractivity contribution in [2.24, 2.45) is 4.99 Å². The second-order valence-corrected chi connectivity index (χ2v) is 7.62. The minimum absolute atomic E-state index is 0.433. The fraction of sp³-hybridized carbons (Fsp3) is 0.280. The van der Waals surface area contributed by atoms with Crippen LogP contribution in [0.1, 0.15) is 61.9 Å². The van der Waals surface area contributed by atoms with Crippen molar-refractivity contribution < 1.29 is 0 Å². The van der Waals surface area contributed by atoms with Gasteiger partial charge in [-0.15, -0.1) is 0 Å². The van der Waals surface area contributed by atoms with Crippen LogP contribution in [-0.4, -0.2) is 11.2 Å². The lowest BCUT2D eigenvalue weighted by Gasteiger charge is -2.16. The summed E-state index contributed by atoms with van der Waals surface area (Å²) in [6.07, 6.45) is 1.90. The number of benzene rings is 2. The molecule has 0 amide bonds. The minimum atomic E-state index is 0.433. The van der Waals surface area contributed by atoms with Gasteiger partial charge in [-0.3, -0.25) is 4.99 Å². The predicted octanol–water partition coefficient (Wildman–Crippen LogP) is 7.05. The highest BCUT2D eigenvalue weighted by atomic mass is 14.8. The van der Waals surface area contributed by atoms with Crippen LogP contribution in [0.4, 0.5) is 5.69 Å². The van der Waals surface area contributed by atoms with E-state index >= 15 is 0 Å². The molecule has 0 aliphatic carbocycles. The maximum atomic E-state index is 4.89. The smallest absolute Gasteiger partial charge is 0.0820 e. The molecule has 3 rings (SSSR count). The molecular formula is C25H28N2. The van der Waals surface area contributed by atoms with Gasteiger partial charge in [0.25, 0.3) is 0 Å². The molecule has 1 heterocycles. The number of hydrogen-bond acceptors (Lipinski definition) is 2. The highest BCUT2D eigenvalue weighted by molar-refractivity contribution is 5.82. The first-order valence-electron chi connectivity index (χ1n) is 9.67. The van der Waals surface area contributed by atoms with Crippen LogP contribution >= 0.6 is 0 Å². The van der Waals surface area contributed by atoms with Crippen molar-refractivity contribution in [3.8, 4) is 11.3 Å². The van der Waals surface area contributed by atoms with Gasteiger partial charge in [-0.1, -0.05) is 76.2 Å². The third-order valence-electron chi connectivity index (χ3n) is 4.86. The molecule has 0 saturated carbocycles. The molecule has 138 valence electrons. The van der Waals surface area contributed by atoms with Gasteiger partial charge in [-0.05, 0) is 47.6 Å². The van der Waals surface area contributed by atoms with Crippen molar-refractivity contribution in [3.05, 3.63) is 83.0 Å². The zero-order valence-corrected chi connectivity index (χ0v) is 16.9. The van der Waals surface area contributed by atoms with Crippen LogP contribution in [-0.2, 0) is 0 Å². The normalized spacial score (nSPS) is 11.7. The SMILES string of the molecule is Cc1ccccc1-c1cccc(C=Nc2c(C(C)C)cccc2C(C)C)n1. The topological polar surface area (TPSA) is 25.2 Å². The molecule has 0 bridgehead atoms. The van der Waals surface area contributed by atoms with Crippen LogP contribution in [0.3, 0.4) is 0 Å². The third kappa shape index (κ3) is 4.33. The molecule has 3 aromatic rings. The van der Waals surface area contributed by atoms with Crippen molar-refractivity contribution in [1.29, 1.82) is 0 Å². The number of pyridine rings is 1. The Kier molecular flexibility index (Phi) is 5.85. The van der Waals surface area contributed by atoms with Gasteiger partial charge < -0.3 is 0 Å². The molecular weight excluding hydrogens is 328 g/mol. The summed E-state index contributed by atoms with van der Waals surface area (Å²) in [5.41, 5.74) is 7.91. The highest BCUT2D eigenvalue weighted by Crippen LogP contribution is 2.34. The molecule has 0 aliphatic heterocycles. The van der Waals surface area contributed by atoms with Crippen molar-refractivity contribution in [2.45, 2.75) is 46.5 Å². The Labute approximate surface area is 163 Å². The Morgan fingerprint density at radius 1 is 0.778 bits per heavy atom. The van der Waals surface area contributed by atoms with Gasteiger partial charge >= 0.3 is 0 Å². The molecule has 0 N–H and O–H groups in total. The van der Waals surface area contributed by atoms with Crippen LogP contribution in [0.25, 0.3) is 11.3 Å². The molecule has 2 nitrogen and oxygen atoms in total. The number of nitrogens with zero attached hydrogens (tertiary/aromatic N) is 2. The van der Waals surface area contributed by atoms with Gasteiger partial charge in [0.1, 0.15) is 0 Å². The number of aryl methyl sites for hydroxylation is 1. The fourth-order valence-corrected chi connectivity index (χ4v) is 3.33. The fourth-order valence-electron chi connectivity index (χ4n) is 3.33. The van der Waals surface area contributed by atoms with Crippen LogP contribution in [0.2, 0.25) is 0 Å². The number of rotatable bonds is 5. The average molecular weight is 357 g/mol. The Balaban J connectivity index is 2.01. The summed E-state index contributed by atoms with van der Waals surface area (Å²) in [6.45, 7) is 11.0. The summed E-state index contributed by atoms with van der Waals surface area (Å²) in [5.74, 6) is 0.865. The minimum Gasteiger partial charge on any atom is -0.254 e. The van der Waals surface area contributed by atoms with Gasteiger partial charge in [-0.25, -0.2) is 4.98 Å². The van der Waals surface area contributed by atoms with E-state index in [1.165, 1.54) is 22.3 Å². The van der Waals surface area contributed by atoms with E-state index in [-0.39, 0.29) is 0 Å². The molecule has 0 aliphatic rings. The number of aromatic nitrogens is 1. The quantitative estimate of drug-likeness (QED) is 0.449. The van der Waals surface area contributed by atoms with Crippen molar-refractivity contribution >= 4 is 11.9 Å². The largest absolute Gasteiger partial charge is 0.254 e. The molecule has 2 aromatic carbocycles. The summed E-state index contributed by atoms with van der Waals surface area (Å²) in [5, 5.41) is 0. The molecule has 0 radical (unpaired) electrons. The zero-order valence-electron chi connectivity index (χ0n) is 16.9. The van der Waals surface area contributed by atoms with E-state index in [9.17, 15) is 0 Å². The predicted molar refractivity (Wildman–Crippen MR) is 116 cm³/mol. The maximum absolute atomic E-state index is 4.89. The van der Waals surface area contributed by atoms with Crippen LogP contribution < -0.4 is 0 Å². The Morgan fingerprint density at radius 3 is 2.04 bits per heavy atom. The highest BCUT2D eigenvalue weighted by Gasteiger charge is 2.12. The van der Waals surface area contributed by atoms with E-state index in [0.717, 1.165) is 17.1 Å². The van der Waals surface area contributed by atoms with Gasteiger partial charge in [0.15, 0.2) is 0 Å². The summed E-state index contributed by atoms with van der Waals surface area (Å²) >= 11 is 0. The first kappa shape index (κ1) is 19.0. The standard InChI is InChI=1S/C25H28N2/c1-17(2)21-13-9-14-22(18(3)4)25(21)26-16-20-11-8-15-24(27-20)23-12-7-6-10-19(23)5/h6-18H,1-5H3. The third-order valence-corrected chi connectivity index (χ3v) is 4.86. The second-order valence-electron chi connectivity index (χ2n) is 7.62. The van der Waals surface area contributed by atoms with Crippen LogP contribution in [0.15, 0.2) is 65.7 Å². The molecule has 0 saturated heterocycles. The lowest BCUT2D eigenvalue weighted by Crippen LogP contribution is -1.96. The number of para-hydroxylation sites is 1. The molecule has 2 heteroatoms. The maximum Gasteiger partial charge on any atom is 0.0820 e. The van der Waals surface area contributed by atoms with E-state index in [1.807, 2.05) is 18.3 Å². The molecule has 0 unspecified atom stereocenters. The molecule has 0 atom stereocenters. The van der Waals surface area contributed by atoms with Gasteiger partial charge in [-0.2, -0.15) is 0 Å². The van der Waals surface area contributed by atoms with E-state index in [4.69, 9.17) is 9.98 Å². The number of hydrogen-bond donors (Lipinski definition) is 0. The van der Waals surface area contributed by atoms with Gasteiger partial charge in [0.2, 0.25) is 0 Å². The summed E-state index contributed by atoms with van der Waals surface area (Å²) < 4.78 is 0. The van der Waals surface area contributed by atoms with Crippen molar-refractivity contribution in [2.75, 3.05) is 0 Å². The van der Waals surface area contributed by atoms with Gasteiger partial charge in [0, 0.05) is 5.56 Å². The molecule has 0 fully saturated rings. The summed E-state index contributed by atoms with van der Waals surface area (Å²) in [6, 6.07) is 21.0. The van der Waals surface area contributed by atoms with Gasteiger partial charge in [0.05, 0.1) is 23.3 Å². The second kappa shape index (κ2) is 8.30. The average Bonchev–Trinajstić information content (AvgIpc) is 2.66. The van der Waals surface area contributed by atoms with Crippen molar-refractivity contribution in [1.82, 2.24) is 4.98 Å². The summed E-state index contributed by atoms with van der Waals surface area (Å²) in [7, 11) is 0. The van der Waals surface area contributed by atoms with Crippen molar-refractivity contribution in [3.63, 3.8) is 0 Å². The Bertz CT molecular complexity index is 926. The first-order valence-corrected chi connectivity index (χ1v) is 9.67. The number of aliphatic imine (C=N–C) groups is 1. The molecule has 1 aromatic heterocycles. The summed E-state index contributed by atoms with van der Waals surface area (Å²) in [4.78, 5) is 9.71. The Morgan fingerprint density at radius 2 is 1.41 bits per heavy atom. The van der Waals surface area contributed by atoms with E-state index in [1.54, 1.807) is 0 Å². The zero-order chi connectivity index (χ0) is 19.4. The van der Waals surface area contributed by atoms with Crippen LogP contribution in [0.5, 0.6) is 0 Å². The molecule has 0 spiro atoms. The lowest BCUT2D eigenvalue weighted by atomic mass is 9.93.